The van der Waals surface area contributed by atoms with E-state index in [1.165, 1.54) is 22.8 Å². The van der Waals surface area contributed by atoms with E-state index in [0.29, 0.717) is 39.9 Å². The van der Waals surface area contributed by atoms with E-state index in [1.54, 1.807) is 59.4 Å². The van der Waals surface area contributed by atoms with Gasteiger partial charge in [0, 0.05) is 58.9 Å². The Kier molecular flexibility index (Phi) is 8.52. The zero-order valence-electron chi connectivity index (χ0n) is 27.4. The van der Waals surface area contributed by atoms with E-state index in [2.05, 4.69) is 32.8 Å². The second kappa shape index (κ2) is 13.4. The lowest BCUT2D eigenvalue weighted by Gasteiger charge is -2.19. The molecule has 0 radical (unpaired) electrons. The Morgan fingerprint density at radius 3 is 2.55 bits per heavy atom. The van der Waals surface area contributed by atoms with Crippen LogP contribution in [-0.2, 0) is 4.79 Å². The fourth-order valence-corrected chi connectivity index (χ4v) is 7.41. The third-order valence-corrected chi connectivity index (χ3v) is 10.3. The predicted octanol–water partition coefficient (Wildman–Crippen LogP) is 5.81. The van der Waals surface area contributed by atoms with E-state index < -0.39 is 12.0 Å². The molecule has 1 aliphatic heterocycles. The Bertz CT molecular complexity index is 2210. The van der Waals surface area contributed by atoms with Crippen LogP contribution in [0.5, 0.6) is 0 Å². The Morgan fingerprint density at radius 1 is 1.00 bits per heavy atom. The molecule has 1 amide bonds. The van der Waals surface area contributed by atoms with Gasteiger partial charge in [-0.25, -0.2) is 4.79 Å². The van der Waals surface area contributed by atoms with Gasteiger partial charge in [-0.15, -0.1) is 5.10 Å². The Morgan fingerprint density at radius 2 is 1.80 bits per heavy atom. The van der Waals surface area contributed by atoms with Crippen LogP contribution in [0.3, 0.4) is 0 Å². The number of halogens is 1. The molecule has 1 saturated carbocycles. The minimum atomic E-state index is -0.998. The van der Waals surface area contributed by atoms with Crippen molar-refractivity contribution < 1.29 is 19.4 Å². The summed E-state index contributed by atoms with van der Waals surface area (Å²) in [5.41, 5.74) is 5.48. The number of carbonyl (C=O) groups is 2. The highest BCUT2D eigenvalue weighted by atomic mass is 35.5. The number of tetrazole rings is 1. The molecule has 0 bridgehead atoms. The van der Waals surface area contributed by atoms with E-state index >= 15 is 0 Å². The SMILES string of the molecule is O=C(O)c1ccc(-c2cnn(C(C[C@@H]3C[C@@H]3C(=O)N3CCC(c4ccccc4)C3)c3ccc(-c4cc(Cl)ccc4-n4cnnn4)c[n+]3[O-])c2)cc1. The molecule has 12 nitrogen and oxygen atoms in total. The largest absolute Gasteiger partial charge is 0.618 e. The first kappa shape index (κ1) is 32.3. The molecule has 4 heterocycles. The number of benzene rings is 3. The van der Waals surface area contributed by atoms with Crippen molar-refractivity contribution in [2.45, 2.75) is 31.2 Å². The molecule has 2 fully saturated rings. The van der Waals surface area contributed by atoms with Gasteiger partial charge in [-0.05, 0) is 83.1 Å². The molecule has 13 heteroatoms. The number of hydrogen-bond donors (Lipinski definition) is 1. The average molecular weight is 701 g/mol. The Hall–Kier alpha value is -5.88. The molecule has 4 atom stereocenters. The summed E-state index contributed by atoms with van der Waals surface area (Å²) in [7, 11) is 0. The molecular weight excluding hydrogens is 668 g/mol. The van der Waals surface area contributed by atoms with Crippen molar-refractivity contribution in [1.29, 1.82) is 0 Å². The molecule has 8 rings (SSSR count). The van der Waals surface area contributed by atoms with Gasteiger partial charge in [-0.1, -0.05) is 54.1 Å². The minimum absolute atomic E-state index is 0.0831. The third-order valence-electron chi connectivity index (χ3n) is 10.1. The van der Waals surface area contributed by atoms with Gasteiger partial charge in [-0.2, -0.15) is 14.5 Å². The van der Waals surface area contributed by atoms with E-state index in [9.17, 15) is 19.9 Å². The fourth-order valence-electron chi connectivity index (χ4n) is 7.24. The van der Waals surface area contributed by atoms with Gasteiger partial charge in [0.2, 0.25) is 11.6 Å². The summed E-state index contributed by atoms with van der Waals surface area (Å²) >= 11 is 6.38. The van der Waals surface area contributed by atoms with Crippen molar-refractivity contribution in [2.24, 2.45) is 11.8 Å². The van der Waals surface area contributed by atoms with Crippen molar-refractivity contribution in [3.05, 3.63) is 137 Å². The fraction of sp³-hybridized carbons (Fsp3) is 0.237. The summed E-state index contributed by atoms with van der Waals surface area (Å²) in [4.78, 5) is 27.1. The average Bonchev–Trinajstić information content (AvgIpc) is 3.60. The van der Waals surface area contributed by atoms with Gasteiger partial charge in [0.15, 0.2) is 6.20 Å². The molecule has 2 unspecified atom stereocenters. The van der Waals surface area contributed by atoms with Crippen LogP contribution in [0.2, 0.25) is 5.02 Å². The van der Waals surface area contributed by atoms with Crippen molar-refractivity contribution >= 4 is 23.5 Å². The molecule has 6 aromatic rings. The maximum absolute atomic E-state index is 14.0. The standard InChI is InChI=1S/C38H33ClN8O4/c39-31-11-13-34(46-23-40-42-43-46)32(18-31)28-10-12-35(47(51)22-28)36(45-21-30(19-41-45)25-6-8-26(9-7-25)38(49)50)17-29-16-33(29)37(48)44-15-14-27(20-44)24-4-2-1-3-5-24/h1-13,18-19,21-23,27,29,33,36H,14-17,20H2,(H,49,50)/t27?,29-,33-,36?/m0/s1. The summed E-state index contributed by atoms with van der Waals surface area (Å²) < 4.78 is 4.15. The first-order valence-electron chi connectivity index (χ1n) is 16.8. The number of aromatic carboxylic acids is 1. The van der Waals surface area contributed by atoms with Crippen LogP contribution < -0.4 is 4.73 Å². The number of carbonyl (C=O) groups excluding carboxylic acids is 1. The number of pyridine rings is 1. The summed E-state index contributed by atoms with van der Waals surface area (Å²) in [6, 6.07) is 25.4. The second-order valence-corrected chi connectivity index (χ2v) is 13.6. The quantitative estimate of drug-likeness (QED) is 0.139. The van der Waals surface area contributed by atoms with Crippen LogP contribution in [0.1, 0.15) is 52.8 Å². The smallest absolute Gasteiger partial charge is 0.335 e. The van der Waals surface area contributed by atoms with Crippen LogP contribution in [-0.4, -0.2) is 65.0 Å². The van der Waals surface area contributed by atoms with Crippen molar-refractivity contribution in [2.75, 3.05) is 13.1 Å². The molecule has 51 heavy (non-hydrogen) atoms. The second-order valence-electron chi connectivity index (χ2n) is 13.2. The lowest BCUT2D eigenvalue weighted by molar-refractivity contribution is -0.615. The van der Waals surface area contributed by atoms with Crippen LogP contribution >= 0.6 is 11.6 Å². The first-order valence-corrected chi connectivity index (χ1v) is 17.2. The monoisotopic (exact) mass is 700 g/mol. The van der Waals surface area contributed by atoms with Crippen molar-refractivity contribution in [3.63, 3.8) is 0 Å². The summed E-state index contributed by atoms with van der Waals surface area (Å²) in [5, 5.41) is 40.0. The number of aromatic nitrogens is 7. The van der Waals surface area contributed by atoms with E-state index in [1.807, 2.05) is 35.4 Å². The van der Waals surface area contributed by atoms with Crippen LogP contribution in [0, 0.1) is 17.0 Å². The third kappa shape index (κ3) is 6.57. The van der Waals surface area contributed by atoms with E-state index in [4.69, 9.17) is 11.6 Å². The van der Waals surface area contributed by atoms with Crippen LogP contribution in [0.4, 0.5) is 0 Å². The normalized spacial score (nSPS) is 18.8. The molecule has 3 aromatic heterocycles. The maximum Gasteiger partial charge on any atom is 0.335 e. The number of carboxylic acids is 1. The van der Waals surface area contributed by atoms with Gasteiger partial charge in [0.25, 0.3) is 0 Å². The van der Waals surface area contributed by atoms with Crippen molar-refractivity contribution in [1.82, 2.24) is 34.9 Å². The topological polar surface area (TPSA) is 146 Å². The summed E-state index contributed by atoms with van der Waals surface area (Å²) in [6.45, 7) is 1.46. The molecule has 1 aliphatic carbocycles. The van der Waals surface area contributed by atoms with Gasteiger partial charge in [0.05, 0.1) is 17.4 Å². The zero-order valence-corrected chi connectivity index (χ0v) is 28.1. The van der Waals surface area contributed by atoms with E-state index in [0.717, 1.165) is 41.8 Å². The lowest BCUT2D eigenvalue weighted by Crippen LogP contribution is -2.36. The summed E-state index contributed by atoms with van der Waals surface area (Å²) in [5.74, 6) is -0.504. The van der Waals surface area contributed by atoms with E-state index in [-0.39, 0.29) is 23.3 Å². The van der Waals surface area contributed by atoms with Crippen molar-refractivity contribution in [3.8, 4) is 27.9 Å². The number of rotatable bonds is 10. The Balaban J connectivity index is 1.08. The first-order chi connectivity index (χ1) is 24.8. The highest BCUT2D eigenvalue weighted by Gasteiger charge is 2.48. The molecule has 2 aliphatic rings. The number of hydrogen-bond acceptors (Lipinski definition) is 7. The molecule has 3 aromatic carbocycles. The number of amides is 1. The number of nitrogens with zero attached hydrogens (tertiary/aromatic N) is 8. The zero-order chi connectivity index (χ0) is 35.1. The highest BCUT2D eigenvalue weighted by molar-refractivity contribution is 6.31. The summed E-state index contributed by atoms with van der Waals surface area (Å²) in [6.07, 6.45) is 8.81. The molecule has 1 N–H and O–H groups in total. The van der Waals surface area contributed by atoms with Crippen LogP contribution in [0.15, 0.2) is 110 Å². The van der Waals surface area contributed by atoms with Gasteiger partial charge < -0.3 is 15.2 Å². The lowest BCUT2D eigenvalue weighted by atomic mass is 9.99. The molecule has 1 saturated heterocycles. The molecular formula is C38H33ClN8O4. The van der Waals surface area contributed by atoms with Gasteiger partial charge in [0.1, 0.15) is 12.4 Å². The number of likely N-dealkylation sites (tertiary alicyclic amines) is 1. The molecule has 256 valence electrons. The minimum Gasteiger partial charge on any atom is -0.618 e. The maximum atomic E-state index is 14.0. The number of carboxylic acid groups (broad SMARTS) is 1. The molecule has 0 spiro atoms. The Labute approximate surface area is 298 Å². The highest BCUT2D eigenvalue weighted by Crippen LogP contribution is 2.47. The van der Waals surface area contributed by atoms with Gasteiger partial charge >= 0.3 is 5.97 Å². The van der Waals surface area contributed by atoms with Gasteiger partial charge in [-0.3, -0.25) is 9.48 Å². The predicted molar refractivity (Wildman–Crippen MR) is 188 cm³/mol. The van der Waals surface area contributed by atoms with Crippen LogP contribution in [0.25, 0.3) is 27.9 Å².